The highest BCUT2D eigenvalue weighted by Crippen LogP contribution is 2.44. The Kier molecular flexibility index (Phi) is 11.6. The summed E-state index contributed by atoms with van der Waals surface area (Å²) in [5, 5.41) is 15.9. The molecule has 10 nitrogen and oxygen atoms in total. The number of amides is 3. The number of fused-ring (bicyclic) bond motifs is 3. The fraction of sp³-hybridized carbons (Fsp3) is 0.421. The van der Waals surface area contributed by atoms with Crippen LogP contribution in [0.25, 0.3) is 11.1 Å². The van der Waals surface area contributed by atoms with Gasteiger partial charge in [0.05, 0.1) is 12.6 Å². The van der Waals surface area contributed by atoms with Crippen LogP contribution in [-0.2, 0) is 23.9 Å². The molecule has 3 N–H and O–H groups in total. The molecular formula is C38H47N3O7. The van der Waals surface area contributed by atoms with Gasteiger partial charge in [-0.15, -0.1) is 0 Å². The maximum absolute atomic E-state index is 14.1. The quantitative estimate of drug-likeness (QED) is 0.224. The van der Waals surface area contributed by atoms with Crippen molar-refractivity contribution in [2.45, 2.75) is 84.2 Å². The number of esters is 1. The van der Waals surface area contributed by atoms with Crippen LogP contribution in [0.3, 0.4) is 0 Å². The van der Waals surface area contributed by atoms with Crippen molar-refractivity contribution in [1.29, 1.82) is 0 Å². The van der Waals surface area contributed by atoms with E-state index >= 15 is 0 Å². The number of carbonyl (C=O) groups excluding carboxylic acids is 4. The summed E-state index contributed by atoms with van der Waals surface area (Å²) in [5.74, 6) is -2.30. The van der Waals surface area contributed by atoms with E-state index in [-0.39, 0.29) is 18.4 Å². The van der Waals surface area contributed by atoms with E-state index in [9.17, 15) is 24.3 Å². The number of rotatable bonds is 12. The molecule has 1 aliphatic rings. The summed E-state index contributed by atoms with van der Waals surface area (Å²) in [6, 6.07) is 20.6. The normalized spacial score (nSPS) is 14.9. The van der Waals surface area contributed by atoms with Crippen molar-refractivity contribution in [1.82, 2.24) is 15.5 Å². The first-order valence-corrected chi connectivity index (χ1v) is 16.4. The van der Waals surface area contributed by atoms with Gasteiger partial charge in [-0.1, -0.05) is 92.7 Å². The van der Waals surface area contributed by atoms with Crippen molar-refractivity contribution in [2.75, 3.05) is 13.2 Å². The van der Waals surface area contributed by atoms with Crippen LogP contribution in [0.5, 0.6) is 0 Å². The SMILES string of the molecule is CC(C)[C@@H](NC(=O)[C@H](C)N(C(=O)[C@H](C)NC(=O)OCC1c2ccccc2-c2ccccc21)C(CO)c1ccccc1)C(=O)OC(C)(C)C. The smallest absolute Gasteiger partial charge is 0.407 e. The number of nitrogens with one attached hydrogen (secondary N) is 2. The third-order valence-corrected chi connectivity index (χ3v) is 8.42. The van der Waals surface area contributed by atoms with Gasteiger partial charge < -0.3 is 30.1 Å². The van der Waals surface area contributed by atoms with Gasteiger partial charge in [0.1, 0.15) is 30.3 Å². The Balaban J connectivity index is 1.51. The second kappa shape index (κ2) is 15.5. The van der Waals surface area contributed by atoms with Crippen LogP contribution in [0.4, 0.5) is 4.79 Å². The minimum absolute atomic E-state index is 0.0633. The molecule has 0 fully saturated rings. The van der Waals surface area contributed by atoms with Crippen molar-refractivity contribution in [3.05, 3.63) is 95.6 Å². The number of aliphatic hydroxyl groups excluding tert-OH is 1. The highest BCUT2D eigenvalue weighted by Gasteiger charge is 2.38. The molecule has 3 aromatic carbocycles. The summed E-state index contributed by atoms with van der Waals surface area (Å²) >= 11 is 0. The molecule has 4 atom stereocenters. The number of nitrogens with zero attached hydrogens (tertiary/aromatic N) is 1. The molecule has 0 spiro atoms. The Hall–Kier alpha value is -4.70. The van der Waals surface area contributed by atoms with Crippen LogP contribution >= 0.6 is 0 Å². The van der Waals surface area contributed by atoms with E-state index in [4.69, 9.17) is 9.47 Å². The lowest BCUT2D eigenvalue weighted by Crippen LogP contribution is -2.58. The van der Waals surface area contributed by atoms with Gasteiger partial charge >= 0.3 is 12.1 Å². The van der Waals surface area contributed by atoms with Crippen LogP contribution in [-0.4, -0.2) is 70.8 Å². The lowest BCUT2D eigenvalue weighted by molar-refractivity contribution is -0.160. The molecule has 0 saturated heterocycles. The Bertz CT molecular complexity index is 1560. The number of aliphatic hydroxyl groups is 1. The van der Waals surface area contributed by atoms with Crippen LogP contribution in [0, 0.1) is 5.92 Å². The van der Waals surface area contributed by atoms with Gasteiger partial charge in [0.15, 0.2) is 0 Å². The fourth-order valence-corrected chi connectivity index (χ4v) is 6.01. The Morgan fingerprint density at radius 2 is 1.35 bits per heavy atom. The van der Waals surface area contributed by atoms with Crippen LogP contribution < -0.4 is 10.6 Å². The van der Waals surface area contributed by atoms with Gasteiger partial charge in [0.2, 0.25) is 11.8 Å². The lowest BCUT2D eigenvalue weighted by atomic mass is 9.98. The van der Waals surface area contributed by atoms with Gasteiger partial charge in [0, 0.05) is 5.92 Å². The maximum atomic E-state index is 14.1. The van der Waals surface area contributed by atoms with Crippen molar-refractivity contribution in [2.24, 2.45) is 5.92 Å². The van der Waals surface area contributed by atoms with E-state index in [1.54, 1.807) is 65.0 Å². The molecule has 0 bridgehead atoms. The van der Waals surface area contributed by atoms with Crippen molar-refractivity contribution in [3.8, 4) is 11.1 Å². The highest BCUT2D eigenvalue weighted by molar-refractivity contribution is 5.93. The molecule has 1 aliphatic carbocycles. The summed E-state index contributed by atoms with van der Waals surface area (Å²) in [6.45, 7) is 11.4. The summed E-state index contributed by atoms with van der Waals surface area (Å²) in [6.07, 6.45) is -0.792. The molecule has 48 heavy (non-hydrogen) atoms. The Morgan fingerprint density at radius 1 is 0.812 bits per heavy atom. The van der Waals surface area contributed by atoms with Crippen LogP contribution in [0.1, 0.15) is 77.1 Å². The third-order valence-electron chi connectivity index (χ3n) is 8.42. The zero-order valence-corrected chi connectivity index (χ0v) is 28.7. The first-order valence-electron chi connectivity index (χ1n) is 16.4. The predicted molar refractivity (Wildman–Crippen MR) is 183 cm³/mol. The van der Waals surface area contributed by atoms with Crippen LogP contribution in [0.2, 0.25) is 0 Å². The molecular weight excluding hydrogens is 610 g/mol. The zero-order chi connectivity index (χ0) is 35.2. The van der Waals surface area contributed by atoms with Gasteiger partial charge in [-0.2, -0.15) is 0 Å². The van der Waals surface area contributed by atoms with Gasteiger partial charge in [-0.25, -0.2) is 9.59 Å². The molecule has 3 amide bonds. The first-order chi connectivity index (χ1) is 22.7. The van der Waals surface area contributed by atoms with E-state index in [1.807, 2.05) is 48.5 Å². The summed E-state index contributed by atoms with van der Waals surface area (Å²) in [5.41, 5.74) is 4.13. The number of hydrogen-bond acceptors (Lipinski definition) is 7. The minimum atomic E-state index is -1.15. The van der Waals surface area contributed by atoms with E-state index in [2.05, 4.69) is 10.6 Å². The van der Waals surface area contributed by atoms with Crippen molar-refractivity contribution in [3.63, 3.8) is 0 Å². The Morgan fingerprint density at radius 3 is 1.88 bits per heavy atom. The molecule has 1 unspecified atom stereocenters. The molecule has 4 rings (SSSR count). The molecule has 10 heteroatoms. The van der Waals surface area contributed by atoms with Gasteiger partial charge in [0.25, 0.3) is 0 Å². The molecule has 0 aliphatic heterocycles. The number of carbonyl (C=O) groups is 4. The third kappa shape index (κ3) is 8.41. The average Bonchev–Trinajstić information content (AvgIpc) is 3.37. The zero-order valence-electron chi connectivity index (χ0n) is 28.7. The average molecular weight is 658 g/mol. The molecule has 0 radical (unpaired) electrons. The largest absolute Gasteiger partial charge is 0.458 e. The molecule has 0 heterocycles. The van der Waals surface area contributed by atoms with E-state index in [0.717, 1.165) is 22.3 Å². The van der Waals surface area contributed by atoms with Gasteiger partial charge in [-0.3, -0.25) is 9.59 Å². The number of alkyl carbamates (subject to hydrolysis) is 1. The van der Waals surface area contributed by atoms with E-state index in [0.29, 0.717) is 5.56 Å². The second-order valence-corrected chi connectivity index (χ2v) is 13.5. The van der Waals surface area contributed by atoms with Gasteiger partial charge in [-0.05, 0) is 68.4 Å². The second-order valence-electron chi connectivity index (χ2n) is 13.5. The topological polar surface area (TPSA) is 134 Å². The maximum Gasteiger partial charge on any atom is 0.407 e. The molecule has 3 aromatic rings. The first kappa shape index (κ1) is 36.1. The van der Waals surface area contributed by atoms with Crippen LogP contribution in [0.15, 0.2) is 78.9 Å². The number of benzene rings is 3. The molecule has 0 aromatic heterocycles. The van der Waals surface area contributed by atoms with E-state index in [1.165, 1.54) is 18.7 Å². The standard InChI is InChI=1S/C38H47N3O7/c1-23(2)33(36(45)48-38(5,6)7)40-34(43)25(4)41(32(21-42)26-15-9-8-10-16-26)35(44)24(3)39-37(46)47-22-31-29-19-13-11-17-27(29)28-18-12-14-20-30(28)31/h8-20,23-25,31-33,42H,21-22H2,1-7H3,(H,39,46)(H,40,43)/t24-,25-,32?,33+/m0/s1. The highest BCUT2D eigenvalue weighted by atomic mass is 16.6. The van der Waals surface area contributed by atoms with E-state index < -0.39 is 60.3 Å². The molecule has 256 valence electrons. The minimum Gasteiger partial charge on any atom is -0.458 e. The predicted octanol–water partition coefficient (Wildman–Crippen LogP) is 5.35. The lowest BCUT2D eigenvalue weighted by Gasteiger charge is -2.37. The number of ether oxygens (including phenoxy) is 2. The summed E-state index contributed by atoms with van der Waals surface area (Å²) in [7, 11) is 0. The summed E-state index contributed by atoms with van der Waals surface area (Å²) < 4.78 is 11.2. The molecule has 0 saturated carbocycles. The van der Waals surface area contributed by atoms with Crippen molar-refractivity contribution >= 4 is 23.9 Å². The monoisotopic (exact) mass is 657 g/mol. The fourth-order valence-electron chi connectivity index (χ4n) is 6.01. The number of hydrogen-bond donors (Lipinski definition) is 3. The van der Waals surface area contributed by atoms with Crippen molar-refractivity contribution < 1.29 is 33.8 Å². The summed E-state index contributed by atoms with van der Waals surface area (Å²) in [4.78, 5) is 55.1. The Labute approximate surface area is 282 Å².